The maximum Gasteiger partial charge on any atom is 0.240 e. The van der Waals surface area contributed by atoms with Gasteiger partial charge in [-0.05, 0) is 24.3 Å². The van der Waals surface area contributed by atoms with Crippen LogP contribution in [0.3, 0.4) is 0 Å². The van der Waals surface area contributed by atoms with Gasteiger partial charge < -0.3 is 14.8 Å². The van der Waals surface area contributed by atoms with Gasteiger partial charge in [0.25, 0.3) is 0 Å². The Kier molecular flexibility index (Phi) is 6.66. The van der Waals surface area contributed by atoms with Crippen LogP contribution in [0.2, 0.25) is 0 Å². The third-order valence-electron chi connectivity index (χ3n) is 4.74. The summed E-state index contributed by atoms with van der Waals surface area (Å²) in [6.45, 7) is 1.19. The van der Waals surface area contributed by atoms with Gasteiger partial charge in [0, 0.05) is 56.2 Å². The zero-order chi connectivity index (χ0) is 22.4. The molecule has 0 saturated carbocycles. The van der Waals surface area contributed by atoms with Crippen molar-refractivity contribution in [2.45, 2.75) is 24.3 Å². The number of fused-ring (bicyclic) bond motifs is 1. The summed E-state index contributed by atoms with van der Waals surface area (Å²) < 4.78 is 40.3. The van der Waals surface area contributed by atoms with Gasteiger partial charge in [-0.15, -0.1) is 0 Å². The fourth-order valence-electron chi connectivity index (χ4n) is 3.14. The van der Waals surface area contributed by atoms with Crippen LogP contribution in [-0.2, 0) is 21.4 Å². The number of ether oxygens (including phenoxy) is 2. The predicted molar refractivity (Wildman–Crippen MR) is 115 cm³/mol. The van der Waals surface area contributed by atoms with Gasteiger partial charge in [-0.25, -0.2) is 22.8 Å². The number of carbonyl (C=O) groups excluding carboxylic acids is 1. The molecule has 0 atom stereocenters. The molecule has 2 aromatic heterocycles. The van der Waals surface area contributed by atoms with Crippen molar-refractivity contribution in [3.8, 4) is 17.3 Å². The van der Waals surface area contributed by atoms with Crippen LogP contribution < -0.4 is 19.5 Å². The van der Waals surface area contributed by atoms with E-state index in [1.54, 1.807) is 41.5 Å². The summed E-state index contributed by atoms with van der Waals surface area (Å²) in [5, 5.41) is 6.94. The van der Waals surface area contributed by atoms with Gasteiger partial charge in [0.05, 0.1) is 18.1 Å². The third kappa shape index (κ3) is 5.24. The topological polar surface area (TPSA) is 124 Å². The lowest BCUT2D eigenvalue weighted by molar-refractivity contribution is -0.121. The molecule has 1 aromatic carbocycles. The monoisotopic (exact) mass is 457 g/mol. The van der Waals surface area contributed by atoms with Crippen LogP contribution in [0, 0.1) is 0 Å². The van der Waals surface area contributed by atoms with E-state index in [0.717, 1.165) is 12.0 Å². The van der Waals surface area contributed by atoms with E-state index in [4.69, 9.17) is 9.47 Å². The SMILES string of the molecule is O=C(CCNS(=O)(=O)c1ccc2c(c1)OCCCO2)NCc1cccnc1-n1cccn1. The second kappa shape index (κ2) is 9.79. The molecule has 1 aliphatic rings. The minimum Gasteiger partial charge on any atom is -0.490 e. The van der Waals surface area contributed by atoms with Crippen LogP contribution in [0.25, 0.3) is 5.82 Å². The van der Waals surface area contributed by atoms with Gasteiger partial charge in [0.1, 0.15) is 0 Å². The average Bonchev–Trinajstić information content (AvgIpc) is 3.22. The standard InChI is InChI=1S/C21H23N5O5S/c27-20(23-15-16-4-1-8-22-21(16)26-11-2-9-24-26)7-10-25-32(28,29)17-5-6-18-19(14-17)31-13-3-12-30-18/h1-2,4-6,8-9,11,14,25H,3,7,10,12-13,15H2,(H,23,27). The van der Waals surface area contributed by atoms with Crippen molar-refractivity contribution in [2.24, 2.45) is 0 Å². The van der Waals surface area contributed by atoms with Crippen molar-refractivity contribution in [3.63, 3.8) is 0 Å². The minimum absolute atomic E-state index is 0.0128. The molecule has 3 aromatic rings. The van der Waals surface area contributed by atoms with Crippen molar-refractivity contribution in [1.82, 2.24) is 24.8 Å². The van der Waals surface area contributed by atoms with Gasteiger partial charge in [-0.1, -0.05) is 6.07 Å². The highest BCUT2D eigenvalue weighted by Gasteiger charge is 2.19. The van der Waals surface area contributed by atoms with E-state index in [1.807, 2.05) is 6.07 Å². The Morgan fingerprint density at radius 2 is 1.94 bits per heavy atom. The quantitative estimate of drug-likeness (QED) is 0.524. The fraction of sp³-hybridized carbons (Fsp3) is 0.286. The zero-order valence-corrected chi connectivity index (χ0v) is 18.0. The molecule has 11 heteroatoms. The maximum absolute atomic E-state index is 12.6. The van der Waals surface area contributed by atoms with Crippen LogP contribution in [-0.4, -0.2) is 48.8 Å². The van der Waals surface area contributed by atoms with E-state index in [1.165, 1.54) is 12.1 Å². The highest BCUT2D eigenvalue weighted by atomic mass is 32.2. The zero-order valence-electron chi connectivity index (χ0n) is 17.2. The number of pyridine rings is 1. The number of hydrogen-bond acceptors (Lipinski definition) is 7. The van der Waals surface area contributed by atoms with E-state index in [9.17, 15) is 13.2 Å². The third-order valence-corrected chi connectivity index (χ3v) is 6.20. The Morgan fingerprint density at radius 3 is 2.75 bits per heavy atom. The second-order valence-electron chi connectivity index (χ2n) is 7.02. The van der Waals surface area contributed by atoms with Gasteiger partial charge in [0.2, 0.25) is 15.9 Å². The highest BCUT2D eigenvalue weighted by Crippen LogP contribution is 2.31. The predicted octanol–water partition coefficient (Wildman–Crippen LogP) is 1.41. The molecule has 2 N–H and O–H groups in total. The molecular weight excluding hydrogens is 434 g/mol. The molecule has 0 bridgehead atoms. The number of hydrogen-bond donors (Lipinski definition) is 2. The number of sulfonamides is 1. The number of carbonyl (C=O) groups is 1. The number of rotatable bonds is 8. The molecule has 0 fully saturated rings. The highest BCUT2D eigenvalue weighted by molar-refractivity contribution is 7.89. The van der Waals surface area contributed by atoms with Crippen molar-refractivity contribution in [1.29, 1.82) is 0 Å². The van der Waals surface area contributed by atoms with Crippen LogP contribution in [0.15, 0.2) is 59.9 Å². The summed E-state index contributed by atoms with van der Waals surface area (Å²) >= 11 is 0. The Morgan fingerprint density at radius 1 is 1.09 bits per heavy atom. The molecule has 1 aliphatic heterocycles. The van der Waals surface area contributed by atoms with Crippen LogP contribution in [0.4, 0.5) is 0 Å². The van der Waals surface area contributed by atoms with Crippen molar-refractivity contribution in [2.75, 3.05) is 19.8 Å². The lowest BCUT2D eigenvalue weighted by Crippen LogP contribution is -2.30. The van der Waals surface area contributed by atoms with Crippen LogP contribution in [0.1, 0.15) is 18.4 Å². The van der Waals surface area contributed by atoms with Gasteiger partial charge in [-0.2, -0.15) is 5.10 Å². The maximum atomic E-state index is 12.6. The molecule has 32 heavy (non-hydrogen) atoms. The lowest BCUT2D eigenvalue weighted by atomic mass is 10.2. The summed E-state index contributed by atoms with van der Waals surface area (Å²) in [6.07, 6.45) is 5.78. The molecule has 10 nitrogen and oxygen atoms in total. The summed E-state index contributed by atoms with van der Waals surface area (Å²) in [6, 6.07) is 9.87. The minimum atomic E-state index is -3.79. The Bertz CT molecular complexity index is 1180. The first-order valence-corrected chi connectivity index (χ1v) is 11.6. The van der Waals surface area contributed by atoms with Gasteiger partial charge >= 0.3 is 0 Å². The molecular formula is C21H23N5O5S. The first-order chi connectivity index (χ1) is 15.5. The van der Waals surface area contributed by atoms with Crippen molar-refractivity contribution >= 4 is 15.9 Å². The fourth-order valence-corrected chi connectivity index (χ4v) is 4.19. The molecule has 0 radical (unpaired) electrons. The largest absolute Gasteiger partial charge is 0.490 e. The molecule has 1 amide bonds. The van der Waals surface area contributed by atoms with Crippen LogP contribution >= 0.6 is 0 Å². The second-order valence-corrected chi connectivity index (χ2v) is 8.79. The molecule has 0 aliphatic carbocycles. The molecule has 3 heterocycles. The van der Waals surface area contributed by atoms with Crippen molar-refractivity contribution in [3.05, 3.63) is 60.6 Å². The summed E-state index contributed by atoms with van der Waals surface area (Å²) in [5.41, 5.74) is 0.789. The van der Waals surface area contributed by atoms with E-state index in [2.05, 4.69) is 20.1 Å². The number of aromatic nitrogens is 3. The smallest absolute Gasteiger partial charge is 0.240 e. The Balaban J connectivity index is 1.30. The summed E-state index contributed by atoms with van der Waals surface area (Å²) in [4.78, 5) is 16.6. The summed E-state index contributed by atoms with van der Waals surface area (Å²) in [7, 11) is -3.79. The Hall–Kier alpha value is -3.44. The summed E-state index contributed by atoms with van der Waals surface area (Å²) in [5.74, 6) is 1.24. The van der Waals surface area contributed by atoms with Gasteiger partial charge in [-0.3, -0.25) is 4.79 Å². The first-order valence-electron chi connectivity index (χ1n) is 10.1. The number of nitrogens with one attached hydrogen (secondary N) is 2. The molecule has 168 valence electrons. The Labute approximate surface area is 185 Å². The van der Waals surface area contributed by atoms with Crippen LogP contribution in [0.5, 0.6) is 11.5 Å². The molecule has 0 saturated heterocycles. The number of benzene rings is 1. The normalized spacial score (nSPS) is 13.4. The van der Waals surface area contributed by atoms with E-state index >= 15 is 0 Å². The van der Waals surface area contributed by atoms with E-state index in [0.29, 0.717) is 30.5 Å². The molecule has 0 spiro atoms. The molecule has 4 rings (SSSR count). The lowest BCUT2D eigenvalue weighted by Gasteiger charge is -2.11. The van der Waals surface area contributed by atoms with E-state index in [-0.39, 0.29) is 30.3 Å². The number of nitrogens with zero attached hydrogens (tertiary/aromatic N) is 3. The molecule has 0 unspecified atom stereocenters. The number of amides is 1. The van der Waals surface area contributed by atoms with E-state index < -0.39 is 10.0 Å². The van der Waals surface area contributed by atoms with Gasteiger partial charge in [0.15, 0.2) is 17.3 Å². The average molecular weight is 458 g/mol. The first kappa shape index (κ1) is 21.8. The van der Waals surface area contributed by atoms with Crippen molar-refractivity contribution < 1.29 is 22.7 Å².